The quantitative estimate of drug-likeness (QED) is 0.711. The molecule has 1 atom stereocenters. The first-order chi connectivity index (χ1) is 15.0. The van der Waals surface area contributed by atoms with Crippen molar-refractivity contribution in [2.45, 2.75) is 38.8 Å². The summed E-state index contributed by atoms with van der Waals surface area (Å²) in [6.45, 7) is 5.91. The average molecular weight is 424 g/mol. The number of hydrogen-bond donors (Lipinski definition) is 1. The van der Waals surface area contributed by atoms with Crippen LogP contribution in [-0.4, -0.2) is 49.2 Å². The number of likely N-dealkylation sites (tertiary alicyclic amines) is 1. The van der Waals surface area contributed by atoms with Gasteiger partial charge >= 0.3 is 5.97 Å². The predicted octanol–water partition coefficient (Wildman–Crippen LogP) is 3.80. The van der Waals surface area contributed by atoms with Gasteiger partial charge in [-0.05, 0) is 75.2 Å². The molecule has 4 rings (SSSR count). The van der Waals surface area contributed by atoms with E-state index in [1.165, 1.54) is 0 Å². The lowest BCUT2D eigenvalue weighted by Gasteiger charge is -2.26. The molecular weight excluding hydrogens is 396 g/mol. The van der Waals surface area contributed by atoms with Crippen molar-refractivity contribution in [1.82, 2.24) is 4.90 Å². The molecule has 7 nitrogen and oxygen atoms in total. The van der Waals surface area contributed by atoms with Gasteiger partial charge in [0.25, 0.3) is 0 Å². The second kappa shape index (κ2) is 9.39. The molecular formula is C24H28N2O5. The maximum absolute atomic E-state index is 12.7. The Balaban J connectivity index is 1.36. The van der Waals surface area contributed by atoms with Gasteiger partial charge in [-0.1, -0.05) is 6.07 Å². The molecule has 0 saturated carbocycles. The molecule has 1 saturated heterocycles. The summed E-state index contributed by atoms with van der Waals surface area (Å²) in [6.07, 6.45) is 1.87. The topological polar surface area (TPSA) is 77.1 Å². The van der Waals surface area contributed by atoms with Gasteiger partial charge in [-0.15, -0.1) is 0 Å². The van der Waals surface area contributed by atoms with Crippen LogP contribution in [0.2, 0.25) is 0 Å². The molecule has 0 aliphatic carbocycles. The van der Waals surface area contributed by atoms with Gasteiger partial charge in [0.15, 0.2) is 11.5 Å². The molecule has 0 bridgehead atoms. The van der Waals surface area contributed by atoms with Crippen LogP contribution in [0.5, 0.6) is 11.5 Å². The van der Waals surface area contributed by atoms with Crippen LogP contribution in [0, 0.1) is 0 Å². The number of nitrogens with zero attached hydrogens (tertiary/aromatic N) is 1. The van der Waals surface area contributed by atoms with E-state index in [0.29, 0.717) is 31.0 Å². The zero-order chi connectivity index (χ0) is 21.8. The van der Waals surface area contributed by atoms with Crippen molar-refractivity contribution in [3.63, 3.8) is 0 Å². The van der Waals surface area contributed by atoms with Gasteiger partial charge in [-0.3, -0.25) is 9.69 Å². The van der Waals surface area contributed by atoms with Crippen molar-refractivity contribution >= 4 is 17.6 Å². The Morgan fingerprint density at radius 2 is 1.84 bits per heavy atom. The van der Waals surface area contributed by atoms with Gasteiger partial charge in [-0.2, -0.15) is 0 Å². The van der Waals surface area contributed by atoms with Gasteiger partial charge in [-0.25, -0.2) is 4.79 Å². The number of esters is 1. The van der Waals surface area contributed by atoms with E-state index in [4.69, 9.17) is 14.2 Å². The van der Waals surface area contributed by atoms with Gasteiger partial charge in [0, 0.05) is 11.7 Å². The normalized spacial score (nSPS) is 18.1. The summed E-state index contributed by atoms with van der Waals surface area (Å²) < 4.78 is 16.5. The van der Waals surface area contributed by atoms with Crippen molar-refractivity contribution in [3.8, 4) is 11.5 Å². The van der Waals surface area contributed by atoms with Crippen LogP contribution >= 0.6 is 0 Å². The molecule has 2 aromatic rings. The minimum absolute atomic E-state index is 0.0815. The molecule has 1 fully saturated rings. The number of carbonyl (C=O) groups is 2. The number of benzene rings is 2. The number of rotatable bonds is 6. The van der Waals surface area contributed by atoms with Crippen LogP contribution in [-0.2, 0) is 9.53 Å². The van der Waals surface area contributed by atoms with Crippen LogP contribution in [0.25, 0.3) is 0 Å². The first-order valence-electron chi connectivity index (χ1n) is 10.7. The summed E-state index contributed by atoms with van der Waals surface area (Å²) in [7, 11) is 0. The van der Waals surface area contributed by atoms with Crippen LogP contribution in [0.3, 0.4) is 0 Å². The third kappa shape index (κ3) is 5.17. The molecule has 1 amide bonds. The number of ether oxygens (including phenoxy) is 3. The Labute approximate surface area is 182 Å². The molecule has 1 N–H and O–H groups in total. The second-order valence-corrected chi connectivity index (χ2v) is 8.11. The first-order valence-corrected chi connectivity index (χ1v) is 10.7. The van der Waals surface area contributed by atoms with E-state index in [0.717, 1.165) is 36.4 Å². The minimum atomic E-state index is -0.368. The number of anilines is 1. The summed E-state index contributed by atoms with van der Waals surface area (Å²) in [4.78, 5) is 26.8. The van der Waals surface area contributed by atoms with Crippen molar-refractivity contribution in [1.29, 1.82) is 0 Å². The highest BCUT2D eigenvalue weighted by Gasteiger charge is 2.28. The van der Waals surface area contributed by atoms with Crippen LogP contribution in [0.15, 0.2) is 42.5 Å². The Hall–Kier alpha value is -3.06. The second-order valence-electron chi connectivity index (χ2n) is 8.11. The largest absolute Gasteiger partial charge is 0.486 e. The molecule has 0 unspecified atom stereocenters. The third-order valence-electron chi connectivity index (χ3n) is 5.41. The van der Waals surface area contributed by atoms with Gasteiger partial charge in [0.1, 0.15) is 13.2 Å². The van der Waals surface area contributed by atoms with Crippen LogP contribution in [0.1, 0.15) is 48.7 Å². The van der Waals surface area contributed by atoms with E-state index in [2.05, 4.69) is 16.3 Å². The summed E-state index contributed by atoms with van der Waals surface area (Å²) in [6, 6.07) is 13.0. The zero-order valence-electron chi connectivity index (χ0n) is 17.9. The van der Waals surface area contributed by atoms with E-state index >= 15 is 0 Å². The Morgan fingerprint density at radius 3 is 2.58 bits per heavy atom. The highest BCUT2D eigenvalue weighted by atomic mass is 16.6. The molecule has 7 heteroatoms. The van der Waals surface area contributed by atoms with Crippen molar-refractivity contribution in [2.75, 3.05) is 31.6 Å². The molecule has 2 aromatic carbocycles. The van der Waals surface area contributed by atoms with Crippen molar-refractivity contribution in [3.05, 3.63) is 53.6 Å². The van der Waals surface area contributed by atoms with E-state index in [1.54, 1.807) is 24.3 Å². The lowest BCUT2D eigenvalue weighted by atomic mass is 10.0. The van der Waals surface area contributed by atoms with Gasteiger partial charge in [0.05, 0.1) is 18.2 Å². The summed E-state index contributed by atoms with van der Waals surface area (Å²) >= 11 is 0. The minimum Gasteiger partial charge on any atom is -0.486 e. The maximum Gasteiger partial charge on any atom is 0.338 e. The van der Waals surface area contributed by atoms with E-state index in [9.17, 15) is 9.59 Å². The summed E-state index contributed by atoms with van der Waals surface area (Å²) in [5.41, 5.74) is 2.26. The van der Waals surface area contributed by atoms with Crippen LogP contribution in [0.4, 0.5) is 5.69 Å². The summed E-state index contributed by atoms with van der Waals surface area (Å²) in [5.74, 6) is 1.10. The first kappa shape index (κ1) is 21.2. The van der Waals surface area contributed by atoms with Gasteiger partial charge in [0.2, 0.25) is 5.91 Å². The zero-order valence-corrected chi connectivity index (χ0v) is 17.9. The molecule has 0 radical (unpaired) electrons. The van der Waals surface area contributed by atoms with E-state index < -0.39 is 0 Å². The number of carbonyl (C=O) groups excluding carboxylic acids is 2. The Morgan fingerprint density at radius 1 is 1.10 bits per heavy atom. The fraction of sp³-hybridized carbons (Fsp3) is 0.417. The molecule has 2 heterocycles. The fourth-order valence-electron chi connectivity index (χ4n) is 4.02. The molecule has 31 heavy (non-hydrogen) atoms. The highest BCUT2D eigenvalue weighted by Crippen LogP contribution is 2.37. The standard InChI is InChI=1S/C24H28N2O5/c1-16(2)31-24(28)17-5-8-19(9-6-17)25-23(27)15-26-11-3-4-20(26)18-7-10-21-22(14-18)30-13-12-29-21/h5-10,14,16,20H,3-4,11-13,15H2,1-2H3,(H,25,27)/t20-/m1/s1. The third-order valence-corrected chi connectivity index (χ3v) is 5.41. The number of nitrogens with one attached hydrogen (secondary N) is 1. The van der Waals surface area contributed by atoms with E-state index in [1.807, 2.05) is 26.0 Å². The SMILES string of the molecule is CC(C)OC(=O)c1ccc(NC(=O)CN2CCC[C@@H]2c2ccc3c(c2)OCCO3)cc1. The molecule has 0 spiro atoms. The van der Waals surface area contributed by atoms with Crippen LogP contribution < -0.4 is 14.8 Å². The monoisotopic (exact) mass is 424 g/mol. The summed E-state index contributed by atoms with van der Waals surface area (Å²) in [5, 5.41) is 2.92. The highest BCUT2D eigenvalue weighted by molar-refractivity contribution is 5.94. The lowest BCUT2D eigenvalue weighted by molar-refractivity contribution is -0.117. The van der Waals surface area contributed by atoms with E-state index in [-0.39, 0.29) is 24.0 Å². The average Bonchev–Trinajstić information content (AvgIpc) is 3.21. The lowest BCUT2D eigenvalue weighted by Crippen LogP contribution is -2.33. The number of hydrogen-bond acceptors (Lipinski definition) is 6. The molecule has 2 aliphatic heterocycles. The molecule has 164 valence electrons. The Bertz CT molecular complexity index is 941. The number of fused-ring (bicyclic) bond motifs is 1. The van der Waals surface area contributed by atoms with Gasteiger partial charge < -0.3 is 19.5 Å². The Kier molecular flexibility index (Phi) is 6.42. The van der Waals surface area contributed by atoms with Crippen molar-refractivity contribution < 1.29 is 23.8 Å². The number of amides is 1. The maximum atomic E-state index is 12.7. The van der Waals surface area contributed by atoms with Crippen molar-refractivity contribution in [2.24, 2.45) is 0 Å². The molecule has 0 aromatic heterocycles. The smallest absolute Gasteiger partial charge is 0.338 e. The fourth-order valence-corrected chi connectivity index (χ4v) is 4.02. The molecule has 2 aliphatic rings. The predicted molar refractivity (Wildman–Crippen MR) is 117 cm³/mol.